The van der Waals surface area contributed by atoms with Crippen LogP contribution in [0.25, 0.3) is 0 Å². The summed E-state index contributed by atoms with van der Waals surface area (Å²) in [5.41, 5.74) is 4.13. The molecule has 0 amide bonds. The van der Waals surface area contributed by atoms with Gasteiger partial charge in [-0.1, -0.05) is 34.1 Å². The molecule has 2 aromatic carbocycles. The smallest absolute Gasteiger partial charge is 0.123 e. The molecule has 2 aliphatic rings. The second kappa shape index (κ2) is 7.46. The molecule has 0 radical (unpaired) electrons. The number of nitrogens with zero attached hydrogens (tertiary/aromatic N) is 2. The standard InChI is InChI=1S/C21H24BrFN2/c22-20-2-1-3-21-19(20)11-15-25(21)18-9-13-24(14-10-18)12-8-16-4-6-17(23)7-5-16/h1-7,18H,8-15H2. The topological polar surface area (TPSA) is 6.48 Å². The molecule has 2 aliphatic heterocycles. The van der Waals surface area contributed by atoms with Crippen LogP contribution in [0.3, 0.4) is 0 Å². The Kier molecular flexibility index (Phi) is 5.09. The van der Waals surface area contributed by atoms with Gasteiger partial charge in [-0.05, 0) is 61.1 Å². The van der Waals surface area contributed by atoms with Gasteiger partial charge in [0, 0.05) is 42.4 Å². The van der Waals surface area contributed by atoms with Crippen molar-refractivity contribution in [1.29, 1.82) is 0 Å². The summed E-state index contributed by atoms with van der Waals surface area (Å²) in [7, 11) is 0. The second-order valence-electron chi connectivity index (χ2n) is 7.13. The quantitative estimate of drug-likeness (QED) is 0.733. The molecule has 2 nitrogen and oxygen atoms in total. The first-order chi connectivity index (χ1) is 12.2. The maximum absolute atomic E-state index is 13.0. The highest BCUT2D eigenvalue weighted by molar-refractivity contribution is 9.10. The van der Waals surface area contributed by atoms with E-state index < -0.39 is 0 Å². The van der Waals surface area contributed by atoms with Gasteiger partial charge in [-0.15, -0.1) is 0 Å². The summed E-state index contributed by atoms with van der Waals surface area (Å²) in [6.07, 6.45) is 4.62. The van der Waals surface area contributed by atoms with Gasteiger partial charge in [0.05, 0.1) is 0 Å². The van der Waals surface area contributed by atoms with Gasteiger partial charge in [0.2, 0.25) is 0 Å². The lowest BCUT2D eigenvalue weighted by atomic mass is 10.0. The molecule has 0 unspecified atom stereocenters. The Hall–Kier alpha value is -1.39. The van der Waals surface area contributed by atoms with E-state index in [-0.39, 0.29) is 5.82 Å². The summed E-state index contributed by atoms with van der Waals surface area (Å²) in [5, 5.41) is 0. The molecule has 0 spiro atoms. The number of rotatable bonds is 4. The third kappa shape index (κ3) is 3.75. The van der Waals surface area contributed by atoms with E-state index in [0.717, 1.165) is 39.0 Å². The van der Waals surface area contributed by atoms with Crippen LogP contribution in [0.1, 0.15) is 24.0 Å². The lowest BCUT2D eigenvalue weighted by Crippen LogP contribution is -2.44. The van der Waals surface area contributed by atoms with Crippen LogP contribution < -0.4 is 4.90 Å². The summed E-state index contributed by atoms with van der Waals surface area (Å²) in [5.74, 6) is -0.151. The molecule has 1 fully saturated rings. The molecule has 25 heavy (non-hydrogen) atoms. The maximum atomic E-state index is 13.0. The first kappa shape index (κ1) is 17.0. The normalized spacial score (nSPS) is 18.6. The SMILES string of the molecule is Fc1ccc(CCN2CCC(N3CCc4c(Br)cccc43)CC2)cc1. The Morgan fingerprint density at radius 2 is 1.76 bits per heavy atom. The van der Waals surface area contributed by atoms with Crippen molar-refractivity contribution in [2.24, 2.45) is 0 Å². The van der Waals surface area contributed by atoms with E-state index in [2.05, 4.69) is 43.9 Å². The van der Waals surface area contributed by atoms with Crippen LogP contribution >= 0.6 is 15.9 Å². The Morgan fingerprint density at radius 3 is 2.52 bits per heavy atom. The van der Waals surface area contributed by atoms with Gasteiger partial charge in [-0.25, -0.2) is 4.39 Å². The summed E-state index contributed by atoms with van der Waals surface area (Å²) in [4.78, 5) is 5.18. The van der Waals surface area contributed by atoms with Crippen LogP contribution in [-0.4, -0.2) is 37.1 Å². The molecule has 2 aromatic rings. The monoisotopic (exact) mass is 402 g/mol. The van der Waals surface area contributed by atoms with Gasteiger partial charge in [0.15, 0.2) is 0 Å². The molecule has 4 rings (SSSR count). The van der Waals surface area contributed by atoms with E-state index in [1.54, 1.807) is 12.1 Å². The lowest BCUT2D eigenvalue weighted by molar-refractivity contribution is 0.212. The molecule has 0 aromatic heterocycles. The first-order valence-corrected chi connectivity index (χ1v) is 10.0. The highest BCUT2D eigenvalue weighted by atomic mass is 79.9. The average molecular weight is 403 g/mol. The van der Waals surface area contributed by atoms with Crippen LogP contribution in [-0.2, 0) is 12.8 Å². The molecule has 0 atom stereocenters. The summed E-state index contributed by atoms with van der Waals surface area (Å²) in [6.45, 7) is 4.54. The predicted octanol–water partition coefficient (Wildman–Crippen LogP) is 4.66. The van der Waals surface area contributed by atoms with Gasteiger partial charge < -0.3 is 9.80 Å². The van der Waals surface area contributed by atoms with Gasteiger partial charge >= 0.3 is 0 Å². The van der Waals surface area contributed by atoms with Crippen molar-refractivity contribution in [2.75, 3.05) is 31.1 Å². The minimum Gasteiger partial charge on any atom is -0.368 e. The van der Waals surface area contributed by atoms with Crippen molar-refractivity contribution in [2.45, 2.75) is 31.7 Å². The lowest BCUT2D eigenvalue weighted by Gasteiger charge is -2.38. The van der Waals surface area contributed by atoms with Crippen LogP contribution in [0.5, 0.6) is 0 Å². The van der Waals surface area contributed by atoms with E-state index in [0.29, 0.717) is 6.04 Å². The Morgan fingerprint density at radius 1 is 1.00 bits per heavy atom. The molecular formula is C21H24BrFN2. The molecule has 0 aliphatic carbocycles. The maximum Gasteiger partial charge on any atom is 0.123 e. The molecule has 0 N–H and O–H groups in total. The number of hydrogen-bond donors (Lipinski definition) is 0. The van der Waals surface area contributed by atoms with E-state index >= 15 is 0 Å². The minimum absolute atomic E-state index is 0.151. The summed E-state index contributed by atoms with van der Waals surface area (Å²) >= 11 is 3.70. The fourth-order valence-electron chi connectivity index (χ4n) is 4.19. The molecule has 1 saturated heterocycles. The largest absolute Gasteiger partial charge is 0.368 e. The average Bonchev–Trinajstić information content (AvgIpc) is 3.07. The number of anilines is 1. The van der Waals surface area contributed by atoms with Gasteiger partial charge in [0.1, 0.15) is 5.82 Å². The zero-order valence-electron chi connectivity index (χ0n) is 14.4. The number of fused-ring (bicyclic) bond motifs is 1. The molecule has 2 heterocycles. The van der Waals surface area contributed by atoms with Crippen molar-refractivity contribution in [1.82, 2.24) is 4.90 Å². The fourth-order valence-corrected chi connectivity index (χ4v) is 4.74. The minimum atomic E-state index is -0.151. The number of piperidine rings is 1. The summed E-state index contributed by atoms with van der Waals surface area (Å²) in [6, 6.07) is 14.2. The van der Waals surface area contributed by atoms with Crippen molar-refractivity contribution < 1.29 is 4.39 Å². The number of halogens is 2. The van der Waals surface area contributed by atoms with Gasteiger partial charge in [0.25, 0.3) is 0 Å². The molecule has 4 heteroatoms. The van der Waals surface area contributed by atoms with Crippen LogP contribution in [0.2, 0.25) is 0 Å². The van der Waals surface area contributed by atoms with E-state index in [1.165, 1.54) is 34.1 Å². The van der Waals surface area contributed by atoms with E-state index in [9.17, 15) is 4.39 Å². The molecular weight excluding hydrogens is 379 g/mol. The Balaban J connectivity index is 1.31. The first-order valence-electron chi connectivity index (χ1n) is 9.21. The Labute approximate surface area is 157 Å². The predicted molar refractivity (Wildman–Crippen MR) is 105 cm³/mol. The van der Waals surface area contributed by atoms with Gasteiger partial charge in [-0.2, -0.15) is 0 Å². The zero-order valence-corrected chi connectivity index (χ0v) is 16.0. The van der Waals surface area contributed by atoms with Crippen LogP contribution in [0.4, 0.5) is 10.1 Å². The molecule has 0 saturated carbocycles. The number of hydrogen-bond acceptors (Lipinski definition) is 2. The van der Waals surface area contributed by atoms with Crippen molar-refractivity contribution in [3.63, 3.8) is 0 Å². The van der Waals surface area contributed by atoms with Crippen LogP contribution in [0, 0.1) is 5.82 Å². The van der Waals surface area contributed by atoms with Crippen LogP contribution in [0.15, 0.2) is 46.9 Å². The Bertz CT molecular complexity index is 723. The highest BCUT2D eigenvalue weighted by Gasteiger charge is 2.29. The third-order valence-corrected chi connectivity index (χ3v) is 6.38. The highest BCUT2D eigenvalue weighted by Crippen LogP contribution is 2.36. The van der Waals surface area contributed by atoms with Crippen molar-refractivity contribution >= 4 is 21.6 Å². The van der Waals surface area contributed by atoms with Gasteiger partial charge in [-0.3, -0.25) is 0 Å². The number of benzene rings is 2. The number of likely N-dealkylation sites (tertiary alicyclic amines) is 1. The third-order valence-electron chi connectivity index (χ3n) is 5.63. The molecule has 0 bridgehead atoms. The zero-order chi connectivity index (χ0) is 17.2. The summed E-state index contributed by atoms with van der Waals surface area (Å²) < 4.78 is 14.2. The second-order valence-corrected chi connectivity index (χ2v) is 7.98. The fraction of sp³-hybridized carbons (Fsp3) is 0.429. The van der Waals surface area contributed by atoms with Crippen molar-refractivity contribution in [3.8, 4) is 0 Å². The molecule has 132 valence electrons. The van der Waals surface area contributed by atoms with Crippen molar-refractivity contribution in [3.05, 3.63) is 63.9 Å². The van der Waals surface area contributed by atoms with E-state index in [4.69, 9.17) is 0 Å². The van der Waals surface area contributed by atoms with E-state index in [1.807, 2.05) is 12.1 Å².